The van der Waals surface area contributed by atoms with Gasteiger partial charge in [0, 0.05) is 0 Å². The Labute approximate surface area is 132 Å². The second-order valence-electron chi connectivity index (χ2n) is 6.92. The van der Waals surface area contributed by atoms with Gasteiger partial charge in [0.2, 0.25) is 0 Å². The minimum Gasteiger partial charge on any atom is -0.466 e. The van der Waals surface area contributed by atoms with Crippen molar-refractivity contribution in [1.29, 1.82) is 0 Å². The first kappa shape index (κ1) is 15.6. The van der Waals surface area contributed by atoms with Crippen molar-refractivity contribution in [2.75, 3.05) is 13.2 Å². The minimum atomic E-state index is -0.104. The van der Waals surface area contributed by atoms with Crippen LogP contribution in [-0.4, -0.2) is 25.2 Å². The molecular weight excluding hydrogens is 280 g/mol. The predicted molar refractivity (Wildman–Crippen MR) is 82.0 cm³/mol. The third kappa shape index (κ3) is 2.57. The number of allylic oxidation sites excluding steroid dienone is 1. The molecule has 2 saturated carbocycles. The highest BCUT2D eigenvalue weighted by Gasteiger charge is 2.57. The van der Waals surface area contributed by atoms with Gasteiger partial charge in [0.05, 0.1) is 26.1 Å². The van der Waals surface area contributed by atoms with E-state index in [0.29, 0.717) is 37.9 Å². The van der Waals surface area contributed by atoms with Crippen LogP contribution in [0, 0.1) is 17.3 Å². The zero-order valence-electron chi connectivity index (χ0n) is 13.7. The zero-order valence-corrected chi connectivity index (χ0v) is 13.7. The van der Waals surface area contributed by atoms with Crippen LogP contribution in [0.4, 0.5) is 0 Å². The highest BCUT2D eigenvalue weighted by atomic mass is 16.5. The van der Waals surface area contributed by atoms with Crippen LogP contribution in [0.25, 0.3) is 0 Å². The lowest BCUT2D eigenvalue weighted by atomic mass is 9.71. The standard InChI is InChI=1S/C18H26O4/c1-3-21-15(19)9-12-5-6-14-17(12)13-7-8-18(14,10-13)11-16(20)22-4-2/h13-14H,3-11H2,1-2H3. The normalized spacial score (nSPS) is 32.3. The summed E-state index contributed by atoms with van der Waals surface area (Å²) in [6, 6.07) is 0. The molecule has 2 fully saturated rings. The van der Waals surface area contributed by atoms with Gasteiger partial charge in [0.25, 0.3) is 0 Å². The van der Waals surface area contributed by atoms with Crippen molar-refractivity contribution in [3.8, 4) is 0 Å². The van der Waals surface area contributed by atoms with E-state index in [1.807, 2.05) is 13.8 Å². The molecule has 2 bridgehead atoms. The average molecular weight is 306 g/mol. The fourth-order valence-electron chi connectivity index (χ4n) is 5.17. The van der Waals surface area contributed by atoms with E-state index in [0.717, 1.165) is 32.1 Å². The molecule has 0 aromatic carbocycles. The molecule has 0 spiro atoms. The zero-order chi connectivity index (χ0) is 15.7. The van der Waals surface area contributed by atoms with Crippen molar-refractivity contribution in [2.45, 2.75) is 58.8 Å². The van der Waals surface area contributed by atoms with Gasteiger partial charge in [-0.2, -0.15) is 0 Å². The molecule has 0 amide bonds. The largest absolute Gasteiger partial charge is 0.466 e. The molecule has 3 unspecified atom stereocenters. The minimum absolute atomic E-state index is 0.0526. The lowest BCUT2D eigenvalue weighted by Crippen LogP contribution is -2.29. The molecule has 0 radical (unpaired) electrons. The number of ether oxygens (including phenoxy) is 2. The van der Waals surface area contributed by atoms with Crippen LogP contribution in [-0.2, 0) is 19.1 Å². The highest BCUT2D eigenvalue weighted by Crippen LogP contribution is 2.66. The summed E-state index contributed by atoms with van der Waals surface area (Å²) < 4.78 is 10.3. The summed E-state index contributed by atoms with van der Waals surface area (Å²) in [5, 5.41) is 0. The van der Waals surface area contributed by atoms with E-state index in [1.165, 1.54) is 11.1 Å². The van der Waals surface area contributed by atoms with Gasteiger partial charge in [-0.15, -0.1) is 0 Å². The third-order valence-corrected chi connectivity index (χ3v) is 5.81. The van der Waals surface area contributed by atoms with Gasteiger partial charge in [-0.3, -0.25) is 9.59 Å². The number of esters is 2. The van der Waals surface area contributed by atoms with Crippen LogP contribution in [0.1, 0.15) is 58.8 Å². The van der Waals surface area contributed by atoms with Crippen LogP contribution in [0.3, 0.4) is 0 Å². The van der Waals surface area contributed by atoms with Crippen molar-refractivity contribution in [3.05, 3.63) is 11.1 Å². The molecule has 0 aliphatic heterocycles. The van der Waals surface area contributed by atoms with Crippen LogP contribution in [0.2, 0.25) is 0 Å². The number of hydrogen-bond acceptors (Lipinski definition) is 4. The summed E-state index contributed by atoms with van der Waals surface area (Å²) in [5.74, 6) is 0.933. The van der Waals surface area contributed by atoms with Gasteiger partial charge in [-0.1, -0.05) is 11.1 Å². The molecular formula is C18H26O4. The number of fused-ring (bicyclic) bond motifs is 5. The molecule has 0 saturated heterocycles. The number of rotatable bonds is 6. The van der Waals surface area contributed by atoms with E-state index in [1.54, 1.807) is 0 Å². The van der Waals surface area contributed by atoms with Gasteiger partial charge in [-0.05, 0) is 63.2 Å². The van der Waals surface area contributed by atoms with Crippen LogP contribution in [0.15, 0.2) is 11.1 Å². The van der Waals surface area contributed by atoms with Gasteiger partial charge in [0.1, 0.15) is 0 Å². The quantitative estimate of drug-likeness (QED) is 0.557. The van der Waals surface area contributed by atoms with Gasteiger partial charge < -0.3 is 9.47 Å². The molecule has 3 aliphatic carbocycles. The monoisotopic (exact) mass is 306 g/mol. The van der Waals surface area contributed by atoms with Crippen molar-refractivity contribution in [3.63, 3.8) is 0 Å². The van der Waals surface area contributed by atoms with E-state index in [4.69, 9.17) is 9.47 Å². The van der Waals surface area contributed by atoms with Crippen molar-refractivity contribution in [2.24, 2.45) is 17.3 Å². The summed E-state index contributed by atoms with van der Waals surface area (Å²) in [6.07, 6.45) is 6.51. The molecule has 3 aliphatic rings. The van der Waals surface area contributed by atoms with E-state index in [2.05, 4.69) is 0 Å². The predicted octanol–water partition coefficient (Wildman–Crippen LogP) is 3.40. The topological polar surface area (TPSA) is 52.6 Å². The van der Waals surface area contributed by atoms with Gasteiger partial charge in [-0.25, -0.2) is 0 Å². The lowest BCUT2D eigenvalue weighted by Gasteiger charge is -2.33. The molecule has 22 heavy (non-hydrogen) atoms. The SMILES string of the molecule is CCOC(=O)CC1=C2C3CCC(CC(=O)OCC)(C3)C2CC1. The first-order valence-corrected chi connectivity index (χ1v) is 8.62. The van der Waals surface area contributed by atoms with E-state index < -0.39 is 0 Å². The van der Waals surface area contributed by atoms with Gasteiger partial charge >= 0.3 is 11.9 Å². The Morgan fingerprint density at radius 1 is 1.14 bits per heavy atom. The second-order valence-corrected chi connectivity index (χ2v) is 6.92. The Morgan fingerprint density at radius 3 is 2.59 bits per heavy atom. The van der Waals surface area contributed by atoms with E-state index >= 15 is 0 Å². The number of hydrogen-bond donors (Lipinski definition) is 0. The molecule has 0 aromatic heterocycles. The summed E-state index contributed by atoms with van der Waals surface area (Å²) >= 11 is 0. The summed E-state index contributed by atoms with van der Waals surface area (Å²) in [4.78, 5) is 23.8. The first-order chi connectivity index (χ1) is 10.6. The Kier molecular flexibility index (Phi) is 4.28. The average Bonchev–Trinajstić information content (AvgIpc) is 3.11. The van der Waals surface area contributed by atoms with Crippen LogP contribution in [0.5, 0.6) is 0 Å². The Bertz CT molecular complexity index is 507. The molecule has 0 aromatic rings. The summed E-state index contributed by atoms with van der Waals surface area (Å²) in [5.41, 5.74) is 2.92. The smallest absolute Gasteiger partial charge is 0.309 e. The highest BCUT2D eigenvalue weighted by molar-refractivity contribution is 5.73. The molecule has 4 nitrogen and oxygen atoms in total. The Hall–Kier alpha value is -1.32. The van der Waals surface area contributed by atoms with Crippen molar-refractivity contribution >= 4 is 11.9 Å². The van der Waals surface area contributed by atoms with Crippen LogP contribution >= 0.6 is 0 Å². The van der Waals surface area contributed by atoms with Gasteiger partial charge in [0.15, 0.2) is 0 Å². The molecule has 0 heterocycles. The van der Waals surface area contributed by atoms with Crippen molar-refractivity contribution < 1.29 is 19.1 Å². The Balaban J connectivity index is 1.76. The van der Waals surface area contributed by atoms with E-state index in [-0.39, 0.29) is 17.4 Å². The van der Waals surface area contributed by atoms with Crippen LogP contribution < -0.4 is 0 Å². The number of carbonyl (C=O) groups excluding carboxylic acids is 2. The second kappa shape index (κ2) is 6.05. The molecule has 4 heteroatoms. The first-order valence-electron chi connectivity index (χ1n) is 8.62. The molecule has 0 N–H and O–H groups in total. The maximum Gasteiger partial charge on any atom is 0.309 e. The fourth-order valence-corrected chi connectivity index (χ4v) is 5.17. The summed E-state index contributed by atoms with van der Waals surface area (Å²) in [6.45, 7) is 4.61. The fraction of sp³-hybridized carbons (Fsp3) is 0.778. The molecule has 3 atom stereocenters. The Morgan fingerprint density at radius 2 is 1.86 bits per heavy atom. The molecule has 122 valence electrons. The van der Waals surface area contributed by atoms with Crippen molar-refractivity contribution in [1.82, 2.24) is 0 Å². The van der Waals surface area contributed by atoms with E-state index in [9.17, 15) is 9.59 Å². The summed E-state index contributed by atoms with van der Waals surface area (Å²) in [7, 11) is 0. The lowest BCUT2D eigenvalue weighted by molar-refractivity contribution is -0.146. The number of carbonyl (C=O) groups is 2. The third-order valence-electron chi connectivity index (χ3n) is 5.81. The maximum atomic E-state index is 12.0. The molecule has 3 rings (SSSR count). The maximum absolute atomic E-state index is 12.0.